The molecule has 0 aromatic heterocycles. The second-order valence-electron chi connectivity index (χ2n) is 7.58. The van der Waals surface area contributed by atoms with Crippen LogP contribution in [-0.2, 0) is 6.42 Å². The van der Waals surface area contributed by atoms with Gasteiger partial charge in [-0.15, -0.1) is 0 Å². The summed E-state index contributed by atoms with van der Waals surface area (Å²) in [6.45, 7) is 5.37. The number of fused-ring (bicyclic) bond motifs is 1. The van der Waals surface area contributed by atoms with Gasteiger partial charge in [0.2, 0.25) is 5.91 Å². The Morgan fingerprint density at radius 1 is 1.19 bits per heavy atom. The first kappa shape index (κ1) is 17.1. The molecule has 2 aromatic rings. The van der Waals surface area contributed by atoms with Crippen molar-refractivity contribution < 1.29 is 4.79 Å². The van der Waals surface area contributed by atoms with Crippen LogP contribution in [0.15, 0.2) is 48.5 Å². The number of rotatable bonds is 4. The average molecular weight is 349 g/mol. The molecule has 0 radical (unpaired) electrons. The highest BCUT2D eigenvalue weighted by molar-refractivity contribution is 5.93. The highest BCUT2D eigenvalue weighted by Crippen LogP contribution is 2.41. The number of amides is 1. The largest absolute Gasteiger partial charge is 0.366 e. The molecule has 3 atom stereocenters. The molecule has 4 rings (SSSR count). The minimum atomic E-state index is -0.371. The van der Waals surface area contributed by atoms with Gasteiger partial charge in [0.15, 0.2) is 0 Å². The maximum absolute atomic E-state index is 11.4. The van der Waals surface area contributed by atoms with Crippen LogP contribution in [0.2, 0.25) is 0 Å². The molecular weight excluding hydrogens is 322 g/mol. The molecule has 4 heteroatoms. The average Bonchev–Trinajstić information content (AvgIpc) is 3.11. The topological polar surface area (TPSA) is 58.4 Å². The van der Waals surface area contributed by atoms with E-state index in [1.165, 1.54) is 29.7 Å². The Hall–Kier alpha value is -2.33. The molecule has 0 spiro atoms. The summed E-state index contributed by atoms with van der Waals surface area (Å²) in [7, 11) is 0. The van der Waals surface area contributed by atoms with Crippen molar-refractivity contribution in [3.63, 3.8) is 0 Å². The van der Waals surface area contributed by atoms with Crippen molar-refractivity contribution in [2.75, 3.05) is 24.5 Å². The van der Waals surface area contributed by atoms with Crippen LogP contribution in [0.25, 0.3) is 0 Å². The number of carbonyl (C=O) groups excluding carboxylic acids is 1. The smallest absolute Gasteiger partial charge is 0.248 e. The number of aryl methyl sites for hydroxylation is 1. The summed E-state index contributed by atoms with van der Waals surface area (Å²) in [6, 6.07) is 17.1. The Morgan fingerprint density at radius 2 is 1.96 bits per heavy atom. The van der Waals surface area contributed by atoms with Gasteiger partial charge in [-0.2, -0.15) is 0 Å². The van der Waals surface area contributed by atoms with Crippen LogP contribution in [0.1, 0.15) is 40.7 Å². The Morgan fingerprint density at radius 3 is 2.73 bits per heavy atom. The third-order valence-corrected chi connectivity index (χ3v) is 6.19. The molecule has 2 aromatic carbocycles. The van der Waals surface area contributed by atoms with Crippen molar-refractivity contribution in [1.82, 2.24) is 5.32 Å². The fraction of sp³-hybridized carbons (Fsp3) is 0.409. The molecular formula is C22H27N3O. The van der Waals surface area contributed by atoms with E-state index in [4.69, 9.17) is 5.73 Å². The molecule has 26 heavy (non-hydrogen) atoms. The summed E-state index contributed by atoms with van der Waals surface area (Å²) in [6.07, 6.45) is 2.43. The van der Waals surface area contributed by atoms with E-state index in [2.05, 4.69) is 41.4 Å². The standard InChI is InChI=1S/C22H27N3O/c1-15(19-11-8-16-4-2-3-5-20(16)19)21-14-24-12-13-25(21)18-9-6-17(7-10-18)22(23)26/h2-7,9-10,15,19,21,24H,8,11-14H2,1H3,(H2,23,26). The number of hydrogen-bond acceptors (Lipinski definition) is 3. The Bertz CT molecular complexity index is 786. The molecule has 136 valence electrons. The van der Waals surface area contributed by atoms with E-state index in [0.29, 0.717) is 23.4 Å². The third-order valence-electron chi connectivity index (χ3n) is 6.19. The summed E-state index contributed by atoms with van der Waals surface area (Å²) in [4.78, 5) is 13.9. The number of hydrogen-bond donors (Lipinski definition) is 2. The van der Waals surface area contributed by atoms with Crippen molar-refractivity contribution in [1.29, 1.82) is 0 Å². The Labute approximate surface area is 155 Å². The van der Waals surface area contributed by atoms with Gasteiger partial charge in [-0.25, -0.2) is 0 Å². The van der Waals surface area contributed by atoms with Gasteiger partial charge in [0.25, 0.3) is 0 Å². The first-order valence-corrected chi connectivity index (χ1v) is 9.60. The van der Waals surface area contributed by atoms with E-state index in [1.54, 1.807) is 0 Å². The predicted molar refractivity (Wildman–Crippen MR) is 106 cm³/mol. The highest BCUT2D eigenvalue weighted by Gasteiger charge is 2.35. The predicted octanol–water partition coefficient (Wildman–Crippen LogP) is 2.93. The molecule has 1 fully saturated rings. The monoisotopic (exact) mass is 349 g/mol. The summed E-state index contributed by atoms with van der Waals surface area (Å²) >= 11 is 0. The van der Waals surface area contributed by atoms with Crippen LogP contribution in [-0.4, -0.2) is 31.6 Å². The number of benzene rings is 2. The molecule has 0 saturated carbocycles. The van der Waals surface area contributed by atoms with Crippen LogP contribution in [0.3, 0.4) is 0 Å². The first-order valence-electron chi connectivity index (χ1n) is 9.60. The lowest BCUT2D eigenvalue weighted by Crippen LogP contribution is -2.55. The van der Waals surface area contributed by atoms with Gasteiger partial charge in [-0.05, 0) is 60.1 Å². The number of anilines is 1. The quantitative estimate of drug-likeness (QED) is 0.892. The van der Waals surface area contributed by atoms with E-state index in [1.807, 2.05) is 24.3 Å². The van der Waals surface area contributed by atoms with Crippen LogP contribution in [0, 0.1) is 5.92 Å². The lowest BCUT2D eigenvalue weighted by atomic mass is 9.82. The number of nitrogens with two attached hydrogens (primary N) is 1. The molecule has 0 bridgehead atoms. The molecule has 2 aliphatic rings. The van der Waals surface area contributed by atoms with Gasteiger partial charge in [-0.3, -0.25) is 4.79 Å². The summed E-state index contributed by atoms with van der Waals surface area (Å²) in [5.41, 5.74) is 10.2. The summed E-state index contributed by atoms with van der Waals surface area (Å²) in [5.74, 6) is 0.801. The fourth-order valence-corrected chi connectivity index (χ4v) is 4.74. The van der Waals surface area contributed by atoms with Crippen LogP contribution < -0.4 is 16.0 Å². The van der Waals surface area contributed by atoms with E-state index < -0.39 is 0 Å². The molecule has 3 N–H and O–H groups in total. The number of nitrogens with one attached hydrogen (secondary N) is 1. The zero-order chi connectivity index (χ0) is 18.1. The summed E-state index contributed by atoms with van der Waals surface area (Å²) < 4.78 is 0. The fourth-order valence-electron chi connectivity index (χ4n) is 4.74. The minimum Gasteiger partial charge on any atom is -0.366 e. The second-order valence-corrected chi connectivity index (χ2v) is 7.58. The molecule has 1 aliphatic heterocycles. The van der Waals surface area contributed by atoms with E-state index >= 15 is 0 Å². The van der Waals surface area contributed by atoms with E-state index in [0.717, 1.165) is 19.6 Å². The summed E-state index contributed by atoms with van der Waals surface area (Å²) in [5, 5.41) is 3.58. The maximum atomic E-state index is 11.4. The van der Waals surface area contributed by atoms with Gasteiger partial charge in [0.05, 0.1) is 0 Å². The van der Waals surface area contributed by atoms with Crippen molar-refractivity contribution in [2.45, 2.75) is 31.7 Å². The zero-order valence-electron chi connectivity index (χ0n) is 15.3. The SMILES string of the molecule is CC(C1CCc2ccccc21)C1CNCCN1c1ccc(C(N)=O)cc1. The normalized spacial score (nSPS) is 23.5. The number of carbonyl (C=O) groups is 1. The second kappa shape index (κ2) is 7.12. The van der Waals surface area contributed by atoms with E-state index in [-0.39, 0.29) is 5.91 Å². The number of piperazine rings is 1. The van der Waals surface area contributed by atoms with Crippen LogP contribution >= 0.6 is 0 Å². The maximum Gasteiger partial charge on any atom is 0.248 e. The van der Waals surface area contributed by atoms with Crippen molar-refractivity contribution in [3.05, 3.63) is 65.2 Å². The molecule has 3 unspecified atom stereocenters. The van der Waals surface area contributed by atoms with Gasteiger partial charge in [0.1, 0.15) is 0 Å². The van der Waals surface area contributed by atoms with Crippen molar-refractivity contribution in [3.8, 4) is 0 Å². The first-order chi connectivity index (χ1) is 12.6. The number of primary amides is 1. The highest BCUT2D eigenvalue weighted by atomic mass is 16.1. The zero-order valence-corrected chi connectivity index (χ0v) is 15.3. The Kier molecular flexibility index (Phi) is 4.68. The molecule has 1 saturated heterocycles. The molecule has 1 heterocycles. The van der Waals surface area contributed by atoms with Crippen LogP contribution in [0.4, 0.5) is 5.69 Å². The minimum absolute atomic E-state index is 0.371. The van der Waals surface area contributed by atoms with Gasteiger partial charge >= 0.3 is 0 Å². The van der Waals surface area contributed by atoms with Gasteiger partial charge in [-0.1, -0.05) is 31.2 Å². The van der Waals surface area contributed by atoms with Crippen molar-refractivity contribution >= 4 is 11.6 Å². The lowest BCUT2D eigenvalue weighted by Gasteiger charge is -2.43. The van der Waals surface area contributed by atoms with Crippen molar-refractivity contribution in [2.24, 2.45) is 11.7 Å². The molecule has 1 amide bonds. The van der Waals surface area contributed by atoms with Gasteiger partial charge in [0, 0.05) is 36.9 Å². The third kappa shape index (κ3) is 3.10. The van der Waals surface area contributed by atoms with Crippen LogP contribution in [0.5, 0.6) is 0 Å². The molecule has 4 nitrogen and oxygen atoms in total. The Balaban J connectivity index is 1.58. The molecule has 1 aliphatic carbocycles. The number of nitrogens with zero attached hydrogens (tertiary/aromatic N) is 1. The van der Waals surface area contributed by atoms with Gasteiger partial charge < -0.3 is 16.0 Å². The lowest BCUT2D eigenvalue weighted by molar-refractivity contribution is 0.100. The van der Waals surface area contributed by atoms with E-state index in [9.17, 15) is 4.79 Å².